The van der Waals surface area contributed by atoms with E-state index in [-0.39, 0.29) is 11.7 Å². The third-order valence-electron chi connectivity index (χ3n) is 5.08. The molecule has 0 bridgehead atoms. The Labute approximate surface area is 186 Å². The monoisotopic (exact) mass is 428 g/mol. The third kappa shape index (κ3) is 5.06. The molecule has 4 aromatic rings. The van der Waals surface area contributed by atoms with Crippen LogP contribution in [0.1, 0.15) is 41.3 Å². The van der Waals surface area contributed by atoms with E-state index in [9.17, 15) is 9.59 Å². The van der Waals surface area contributed by atoms with E-state index >= 15 is 0 Å². The summed E-state index contributed by atoms with van der Waals surface area (Å²) in [6, 6.07) is 21.4. The molecule has 0 saturated carbocycles. The number of Topliss-reactive ketones (excluding diaryl/α,β-unsaturated/α-hetero) is 1. The summed E-state index contributed by atoms with van der Waals surface area (Å²) >= 11 is 1.68. The number of amides is 1. The Morgan fingerprint density at radius 2 is 1.71 bits per heavy atom. The van der Waals surface area contributed by atoms with Crippen LogP contribution in [0.5, 0.6) is 0 Å². The fraction of sp³-hybridized carbons (Fsp3) is 0.192. The van der Waals surface area contributed by atoms with Crippen molar-refractivity contribution >= 4 is 38.9 Å². The van der Waals surface area contributed by atoms with Gasteiger partial charge in [0, 0.05) is 29.7 Å². The molecule has 4 rings (SSSR count). The highest BCUT2D eigenvalue weighted by Crippen LogP contribution is 2.31. The number of hydrogen-bond donors (Lipinski definition) is 1. The van der Waals surface area contributed by atoms with Crippen molar-refractivity contribution in [2.24, 2.45) is 0 Å². The van der Waals surface area contributed by atoms with Crippen LogP contribution in [0.4, 0.5) is 5.69 Å². The van der Waals surface area contributed by atoms with Crippen molar-refractivity contribution < 1.29 is 9.59 Å². The molecule has 4 nitrogen and oxygen atoms in total. The molecule has 0 aliphatic rings. The van der Waals surface area contributed by atoms with Crippen molar-refractivity contribution in [3.05, 3.63) is 83.4 Å². The van der Waals surface area contributed by atoms with Crippen LogP contribution in [0.3, 0.4) is 0 Å². The number of nitrogens with zero attached hydrogens (tertiary/aromatic N) is 1. The van der Waals surface area contributed by atoms with Crippen LogP contribution in [0.15, 0.2) is 66.7 Å². The average Bonchev–Trinajstić information content (AvgIpc) is 3.18. The Hall–Kier alpha value is -3.31. The largest absolute Gasteiger partial charge is 0.326 e. The fourth-order valence-electron chi connectivity index (χ4n) is 3.40. The minimum absolute atomic E-state index is 0.00933. The molecule has 0 unspecified atom stereocenters. The van der Waals surface area contributed by atoms with Gasteiger partial charge in [0.25, 0.3) is 0 Å². The third-order valence-corrected chi connectivity index (χ3v) is 6.14. The standard InChI is InChI=1S/C26H24N2O2S/c1-3-4-25(30)27-21-12-10-19(11-13-21)23(29)16-18-6-8-20(9-7-18)26-28-22-14-5-17(2)15-24(22)31-26/h5-15H,3-4,16H2,1-2H3,(H,27,30). The van der Waals surface area contributed by atoms with Crippen molar-refractivity contribution in [1.82, 2.24) is 4.98 Å². The summed E-state index contributed by atoms with van der Waals surface area (Å²) in [4.78, 5) is 29.1. The van der Waals surface area contributed by atoms with Gasteiger partial charge < -0.3 is 5.32 Å². The van der Waals surface area contributed by atoms with Crippen molar-refractivity contribution in [2.75, 3.05) is 5.32 Å². The molecule has 0 radical (unpaired) electrons. The number of carbonyl (C=O) groups is 2. The van der Waals surface area contributed by atoms with Crippen LogP contribution >= 0.6 is 11.3 Å². The van der Waals surface area contributed by atoms with Crippen LogP contribution in [0, 0.1) is 6.92 Å². The maximum absolute atomic E-state index is 12.7. The average molecular weight is 429 g/mol. The zero-order valence-corrected chi connectivity index (χ0v) is 18.5. The van der Waals surface area contributed by atoms with Crippen LogP contribution < -0.4 is 5.32 Å². The smallest absolute Gasteiger partial charge is 0.224 e. The first-order valence-corrected chi connectivity index (χ1v) is 11.2. The summed E-state index contributed by atoms with van der Waals surface area (Å²) in [6.07, 6.45) is 1.63. The molecular formula is C26H24N2O2S. The summed E-state index contributed by atoms with van der Waals surface area (Å²) in [5.74, 6) is 0.0413. The molecule has 1 N–H and O–H groups in total. The molecule has 31 heavy (non-hydrogen) atoms. The SMILES string of the molecule is CCCC(=O)Nc1ccc(C(=O)Cc2ccc(-c3nc4ccc(C)cc4s3)cc2)cc1. The molecule has 0 aliphatic heterocycles. The molecule has 3 aromatic carbocycles. The Balaban J connectivity index is 1.42. The predicted octanol–water partition coefficient (Wildman–Crippen LogP) is 6.44. The fourth-order valence-corrected chi connectivity index (χ4v) is 4.47. The first-order chi connectivity index (χ1) is 15.0. The number of hydrogen-bond acceptors (Lipinski definition) is 4. The van der Waals surface area contributed by atoms with Gasteiger partial charge in [-0.2, -0.15) is 0 Å². The molecule has 0 saturated heterocycles. The number of aryl methyl sites for hydroxylation is 1. The molecule has 5 heteroatoms. The number of benzene rings is 3. The molecule has 156 valence electrons. The van der Waals surface area contributed by atoms with E-state index in [0.717, 1.165) is 28.1 Å². The number of nitrogens with one attached hydrogen (secondary N) is 1. The molecule has 1 heterocycles. The molecule has 1 aromatic heterocycles. The number of ketones is 1. The van der Waals surface area contributed by atoms with E-state index in [1.54, 1.807) is 35.6 Å². The van der Waals surface area contributed by atoms with E-state index in [1.165, 1.54) is 10.3 Å². The summed E-state index contributed by atoms with van der Waals surface area (Å²) in [6.45, 7) is 4.05. The Morgan fingerprint density at radius 1 is 0.968 bits per heavy atom. The number of rotatable bonds is 7. The maximum Gasteiger partial charge on any atom is 0.224 e. The topological polar surface area (TPSA) is 59.1 Å². The quantitative estimate of drug-likeness (QED) is 0.345. The Morgan fingerprint density at radius 3 is 2.42 bits per heavy atom. The highest BCUT2D eigenvalue weighted by atomic mass is 32.1. The van der Waals surface area contributed by atoms with Gasteiger partial charge >= 0.3 is 0 Å². The van der Waals surface area contributed by atoms with Gasteiger partial charge in [0.2, 0.25) is 5.91 Å². The van der Waals surface area contributed by atoms with Crippen LogP contribution in [-0.4, -0.2) is 16.7 Å². The lowest BCUT2D eigenvalue weighted by atomic mass is 10.0. The van der Waals surface area contributed by atoms with Gasteiger partial charge in [-0.15, -0.1) is 11.3 Å². The second-order valence-electron chi connectivity index (χ2n) is 7.66. The van der Waals surface area contributed by atoms with Crippen LogP contribution in [0.25, 0.3) is 20.8 Å². The zero-order chi connectivity index (χ0) is 21.8. The second-order valence-corrected chi connectivity index (χ2v) is 8.69. The number of aromatic nitrogens is 1. The lowest BCUT2D eigenvalue weighted by Crippen LogP contribution is -2.11. The second kappa shape index (κ2) is 9.23. The van der Waals surface area contributed by atoms with Gasteiger partial charge in [0.05, 0.1) is 10.2 Å². The van der Waals surface area contributed by atoms with Crippen molar-refractivity contribution in [2.45, 2.75) is 33.1 Å². The van der Waals surface area contributed by atoms with E-state index in [0.29, 0.717) is 24.1 Å². The predicted molar refractivity (Wildman–Crippen MR) is 128 cm³/mol. The Bertz CT molecular complexity index is 1220. The van der Waals surface area contributed by atoms with E-state index in [2.05, 4.69) is 30.4 Å². The van der Waals surface area contributed by atoms with Gasteiger partial charge in [0.15, 0.2) is 5.78 Å². The molecule has 0 fully saturated rings. The van der Waals surface area contributed by atoms with E-state index in [4.69, 9.17) is 4.98 Å². The van der Waals surface area contributed by atoms with E-state index < -0.39 is 0 Å². The summed E-state index contributed by atoms with van der Waals surface area (Å²) in [5, 5.41) is 3.82. The summed E-state index contributed by atoms with van der Waals surface area (Å²) in [7, 11) is 0. The van der Waals surface area contributed by atoms with Crippen molar-refractivity contribution in [3.8, 4) is 10.6 Å². The van der Waals surface area contributed by atoms with E-state index in [1.807, 2.05) is 31.2 Å². The van der Waals surface area contributed by atoms with Gasteiger partial charge in [-0.05, 0) is 60.9 Å². The van der Waals surface area contributed by atoms with Gasteiger partial charge in [-0.3, -0.25) is 9.59 Å². The first-order valence-electron chi connectivity index (χ1n) is 10.4. The minimum atomic E-state index is -0.00933. The summed E-state index contributed by atoms with van der Waals surface area (Å²) < 4.78 is 1.18. The number of thiazole rings is 1. The number of carbonyl (C=O) groups excluding carboxylic acids is 2. The van der Waals surface area contributed by atoms with Crippen LogP contribution in [0.2, 0.25) is 0 Å². The Kier molecular flexibility index (Phi) is 6.23. The maximum atomic E-state index is 12.7. The highest BCUT2D eigenvalue weighted by Gasteiger charge is 2.10. The van der Waals surface area contributed by atoms with Gasteiger partial charge in [0.1, 0.15) is 5.01 Å². The van der Waals surface area contributed by atoms with Gasteiger partial charge in [-0.1, -0.05) is 37.3 Å². The lowest BCUT2D eigenvalue weighted by Gasteiger charge is -2.06. The number of fused-ring (bicyclic) bond motifs is 1. The van der Waals surface area contributed by atoms with Crippen LogP contribution in [-0.2, 0) is 11.2 Å². The lowest BCUT2D eigenvalue weighted by molar-refractivity contribution is -0.116. The molecule has 0 aliphatic carbocycles. The molecule has 0 atom stereocenters. The highest BCUT2D eigenvalue weighted by molar-refractivity contribution is 7.21. The first kappa shape index (κ1) is 20.9. The molecular weight excluding hydrogens is 404 g/mol. The summed E-state index contributed by atoms with van der Waals surface area (Å²) in [5.41, 5.74) is 5.62. The van der Waals surface area contributed by atoms with Crippen molar-refractivity contribution in [3.63, 3.8) is 0 Å². The minimum Gasteiger partial charge on any atom is -0.326 e. The molecule has 0 spiro atoms. The zero-order valence-electron chi connectivity index (χ0n) is 17.6. The normalized spacial score (nSPS) is 10.9. The molecule has 1 amide bonds. The van der Waals surface area contributed by atoms with Gasteiger partial charge in [-0.25, -0.2) is 4.98 Å². The number of anilines is 1. The van der Waals surface area contributed by atoms with Crippen molar-refractivity contribution in [1.29, 1.82) is 0 Å².